The summed E-state index contributed by atoms with van der Waals surface area (Å²) >= 11 is 0. The van der Waals surface area contributed by atoms with Crippen molar-refractivity contribution in [2.75, 3.05) is 10.8 Å². The predicted molar refractivity (Wildman–Crippen MR) is 106 cm³/mol. The van der Waals surface area contributed by atoms with Crippen LogP contribution < -0.4 is 4.31 Å². The van der Waals surface area contributed by atoms with Gasteiger partial charge in [0.25, 0.3) is 10.0 Å². The van der Waals surface area contributed by atoms with Crippen molar-refractivity contribution >= 4 is 27.6 Å². The van der Waals surface area contributed by atoms with Gasteiger partial charge in [0.15, 0.2) is 0 Å². The number of aromatic hydroxyl groups is 1. The number of phenols is 1. The van der Waals surface area contributed by atoms with Crippen molar-refractivity contribution in [3.63, 3.8) is 0 Å². The van der Waals surface area contributed by atoms with Gasteiger partial charge in [0.05, 0.1) is 16.3 Å². The van der Waals surface area contributed by atoms with Gasteiger partial charge < -0.3 is 5.11 Å². The van der Waals surface area contributed by atoms with Gasteiger partial charge in [-0.2, -0.15) is 0 Å². The largest absolute Gasteiger partial charge is 0.508 e. The molecule has 136 valence electrons. The third-order valence-electron chi connectivity index (χ3n) is 4.53. The van der Waals surface area contributed by atoms with Gasteiger partial charge in [-0.1, -0.05) is 18.2 Å². The molecule has 0 spiro atoms. The zero-order valence-corrected chi connectivity index (χ0v) is 15.3. The lowest BCUT2D eigenvalue weighted by Gasteiger charge is -2.19. The van der Waals surface area contributed by atoms with E-state index in [0.717, 1.165) is 23.2 Å². The smallest absolute Gasteiger partial charge is 0.264 e. The van der Waals surface area contributed by atoms with Crippen LogP contribution in [0.5, 0.6) is 5.75 Å². The maximum atomic E-state index is 13.0. The van der Waals surface area contributed by atoms with Gasteiger partial charge in [-0.3, -0.25) is 9.30 Å². The summed E-state index contributed by atoms with van der Waals surface area (Å²) in [5.74, 6) is 0.199. The molecule has 0 amide bonds. The normalized spacial score (nSPS) is 13.9. The maximum Gasteiger partial charge on any atom is 0.264 e. The van der Waals surface area contributed by atoms with Gasteiger partial charge in [0, 0.05) is 12.8 Å². The highest BCUT2D eigenvalue weighted by molar-refractivity contribution is 7.92. The number of anilines is 1. The summed E-state index contributed by atoms with van der Waals surface area (Å²) in [4.78, 5) is 4.60. The van der Waals surface area contributed by atoms with Crippen LogP contribution >= 0.6 is 0 Å². The Labute approximate surface area is 158 Å². The van der Waals surface area contributed by atoms with E-state index in [1.807, 2.05) is 24.3 Å². The Balaban J connectivity index is 1.56. The first-order chi connectivity index (χ1) is 13.0. The molecule has 0 aromatic heterocycles. The highest BCUT2D eigenvalue weighted by Gasteiger charge is 2.30. The summed E-state index contributed by atoms with van der Waals surface area (Å²) < 4.78 is 27.4. The molecule has 3 aromatic rings. The number of phenolic OH excluding ortho intramolecular Hbond substituents is 1. The van der Waals surface area contributed by atoms with E-state index in [2.05, 4.69) is 4.99 Å². The van der Waals surface area contributed by atoms with Crippen molar-refractivity contribution in [2.45, 2.75) is 11.3 Å². The van der Waals surface area contributed by atoms with Crippen LogP contribution in [0.15, 0.2) is 82.7 Å². The third kappa shape index (κ3) is 3.44. The number of hydrogen-bond donors (Lipinski definition) is 1. The number of nitrogens with zero attached hydrogens (tertiary/aromatic N) is 2. The summed E-state index contributed by atoms with van der Waals surface area (Å²) in [6.45, 7) is 0.461. The van der Waals surface area contributed by atoms with E-state index in [4.69, 9.17) is 0 Å². The predicted octanol–water partition coefficient (Wildman–Crippen LogP) is 3.89. The van der Waals surface area contributed by atoms with E-state index in [1.165, 1.54) is 4.31 Å². The molecule has 3 aromatic carbocycles. The van der Waals surface area contributed by atoms with Crippen LogP contribution in [0.3, 0.4) is 0 Å². The Hall–Kier alpha value is -3.12. The Morgan fingerprint density at radius 1 is 0.926 bits per heavy atom. The molecule has 0 fully saturated rings. The fourth-order valence-electron chi connectivity index (χ4n) is 3.10. The van der Waals surface area contributed by atoms with Gasteiger partial charge in [-0.25, -0.2) is 8.42 Å². The van der Waals surface area contributed by atoms with E-state index < -0.39 is 10.0 Å². The van der Waals surface area contributed by atoms with Crippen molar-refractivity contribution in [2.24, 2.45) is 4.99 Å². The first-order valence-corrected chi connectivity index (χ1v) is 10.0. The quantitative estimate of drug-likeness (QED) is 0.700. The average molecular weight is 378 g/mol. The van der Waals surface area contributed by atoms with Gasteiger partial charge in [0.2, 0.25) is 0 Å². The van der Waals surface area contributed by atoms with Crippen molar-refractivity contribution in [3.8, 4) is 5.75 Å². The van der Waals surface area contributed by atoms with Gasteiger partial charge in [-0.05, 0) is 72.1 Å². The second-order valence-electron chi connectivity index (χ2n) is 6.30. The zero-order valence-electron chi connectivity index (χ0n) is 14.5. The van der Waals surface area contributed by atoms with Crippen molar-refractivity contribution in [1.82, 2.24) is 0 Å². The van der Waals surface area contributed by atoms with Crippen LogP contribution in [-0.2, 0) is 16.4 Å². The fraction of sp³-hybridized carbons (Fsp3) is 0.0952. The first-order valence-electron chi connectivity index (χ1n) is 8.58. The highest BCUT2D eigenvalue weighted by atomic mass is 32.2. The summed E-state index contributed by atoms with van der Waals surface area (Å²) in [5, 5.41) is 9.29. The molecule has 6 heteroatoms. The molecule has 1 N–H and O–H groups in total. The van der Waals surface area contributed by atoms with Gasteiger partial charge >= 0.3 is 0 Å². The number of hydrogen-bond acceptors (Lipinski definition) is 4. The lowest BCUT2D eigenvalue weighted by Crippen LogP contribution is -2.29. The Bertz CT molecular complexity index is 1090. The van der Waals surface area contributed by atoms with E-state index in [0.29, 0.717) is 12.2 Å². The molecule has 0 radical (unpaired) electrons. The molecular weight excluding hydrogens is 360 g/mol. The molecule has 0 saturated heterocycles. The summed E-state index contributed by atoms with van der Waals surface area (Å²) in [7, 11) is -3.59. The number of para-hydroxylation sites is 1. The Morgan fingerprint density at radius 2 is 1.63 bits per heavy atom. The van der Waals surface area contributed by atoms with Crippen LogP contribution in [0.4, 0.5) is 11.4 Å². The number of sulfonamides is 1. The molecule has 4 rings (SSSR count). The number of aliphatic imine (C=N–C) groups is 1. The number of benzene rings is 3. The van der Waals surface area contributed by atoms with Crippen LogP contribution in [0.2, 0.25) is 0 Å². The molecule has 0 aliphatic carbocycles. The molecule has 27 heavy (non-hydrogen) atoms. The first kappa shape index (κ1) is 17.3. The minimum absolute atomic E-state index is 0.199. The lowest BCUT2D eigenvalue weighted by atomic mass is 10.2. The Kier molecular flexibility index (Phi) is 4.41. The third-order valence-corrected chi connectivity index (χ3v) is 6.35. The summed E-state index contributed by atoms with van der Waals surface area (Å²) in [5.41, 5.74) is 3.31. The van der Waals surface area contributed by atoms with Crippen molar-refractivity contribution in [1.29, 1.82) is 0 Å². The molecule has 1 aliphatic rings. The highest BCUT2D eigenvalue weighted by Crippen LogP contribution is 2.33. The number of rotatable bonds is 4. The van der Waals surface area contributed by atoms with Crippen LogP contribution in [0, 0.1) is 0 Å². The minimum atomic E-state index is -3.59. The molecule has 0 bridgehead atoms. The fourth-order valence-corrected chi connectivity index (χ4v) is 4.60. The molecule has 0 saturated carbocycles. The lowest BCUT2D eigenvalue weighted by molar-refractivity contribution is 0.475. The molecule has 5 nitrogen and oxygen atoms in total. The van der Waals surface area contributed by atoms with Gasteiger partial charge in [-0.15, -0.1) is 0 Å². The maximum absolute atomic E-state index is 13.0. The van der Waals surface area contributed by atoms with E-state index in [9.17, 15) is 13.5 Å². The van der Waals surface area contributed by atoms with Crippen LogP contribution in [-0.4, -0.2) is 26.3 Å². The second kappa shape index (κ2) is 6.89. The number of fused-ring (bicyclic) bond motifs is 1. The standard InChI is InChI=1S/C21H18N2O3S/c24-19-9-5-16(6-10-19)15-22-18-7-11-20(12-8-18)27(25,26)23-14-13-17-3-1-2-4-21(17)23/h1-12,15,24H,13-14H2. The molecule has 1 heterocycles. The summed E-state index contributed by atoms with van der Waals surface area (Å²) in [6, 6.07) is 20.8. The topological polar surface area (TPSA) is 70.0 Å². The monoisotopic (exact) mass is 378 g/mol. The van der Waals surface area contributed by atoms with Crippen molar-refractivity contribution < 1.29 is 13.5 Å². The van der Waals surface area contributed by atoms with Crippen molar-refractivity contribution in [3.05, 3.63) is 83.9 Å². The van der Waals surface area contributed by atoms with E-state index in [-0.39, 0.29) is 10.6 Å². The summed E-state index contributed by atoms with van der Waals surface area (Å²) in [6.07, 6.45) is 2.39. The van der Waals surface area contributed by atoms with E-state index in [1.54, 1.807) is 54.7 Å². The van der Waals surface area contributed by atoms with Crippen LogP contribution in [0.1, 0.15) is 11.1 Å². The molecule has 0 atom stereocenters. The second-order valence-corrected chi connectivity index (χ2v) is 8.16. The average Bonchev–Trinajstić information content (AvgIpc) is 3.13. The molecule has 0 unspecified atom stereocenters. The molecular formula is C21H18N2O3S. The zero-order chi connectivity index (χ0) is 18.9. The minimum Gasteiger partial charge on any atom is -0.508 e. The SMILES string of the molecule is O=S(=O)(c1ccc(N=Cc2ccc(O)cc2)cc1)N1CCc2ccccc21. The van der Waals surface area contributed by atoms with E-state index >= 15 is 0 Å². The Morgan fingerprint density at radius 3 is 2.37 bits per heavy atom. The van der Waals surface area contributed by atoms with Crippen LogP contribution in [0.25, 0.3) is 0 Å². The van der Waals surface area contributed by atoms with Gasteiger partial charge in [0.1, 0.15) is 5.75 Å². The molecule has 1 aliphatic heterocycles.